The maximum atomic E-state index is 5.22. The summed E-state index contributed by atoms with van der Waals surface area (Å²) in [5.41, 5.74) is 1.14. The zero-order valence-electron chi connectivity index (χ0n) is 7.79. The maximum absolute atomic E-state index is 5.22. The fourth-order valence-corrected chi connectivity index (χ4v) is 1.02. The predicted octanol–water partition coefficient (Wildman–Crippen LogP) is 1.48. The first-order chi connectivity index (χ1) is 5.86. The third kappa shape index (κ3) is 2.66. The minimum absolute atomic E-state index is 0.751. The van der Waals surface area contributed by atoms with Gasteiger partial charge in [-0.05, 0) is 19.4 Å². The van der Waals surface area contributed by atoms with Gasteiger partial charge in [-0.1, -0.05) is 6.92 Å². The Morgan fingerprint density at radius 1 is 1.50 bits per heavy atom. The SMILES string of the molecule is CCOCCn1ccc(CC)n1. The standard InChI is InChI=1S/C9H16N2O/c1-3-9-5-6-11(10-9)7-8-12-4-2/h5-6H,3-4,7-8H2,1-2H3. The summed E-state index contributed by atoms with van der Waals surface area (Å²) in [7, 11) is 0. The van der Waals surface area contributed by atoms with Crippen LogP contribution in [-0.2, 0) is 17.7 Å². The minimum Gasteiger partial charge on any atom is -0.380 e. The monoisotopic (exact) mass is 168 g/mol. The fourth-order valence-electron chi connectivity index (χ4n) is 1.02. The van der Waals surface area contributed by atoms with E-state index in [1.54, 1.807) is 0 Å². The van der Waals surface area contributed by atoms with E-state index in [-0.39, 0.29) is 0 Å². The Bertz CT molecular complexity index is 220. The van der Waals surface area contributed by atoms with Crippen LogP contribution in [0.5, 0.6) is 0 Å². The van der Waals surface area contributed by atoms with Crippen LogP contribution in [0, 0.1) is 0 Å². The van der Waals surface area contributed by atoms with E-state index in [1.165, 1.54) is 0 Å². The molecule has 0 aromatic carbocycles. The van der Waals surface area contributed by atoms with Gasteiger partial charge in [0.15, 0.2) is 0 Å². The summed E-state index contributed by atoms with van der Waals surface area (Å²) in [6.07, 6.45) is 3.00. The molecule has 0 radical (unpaired) electrons. The summed E-state index contributed by atoms with van der Waals surface area (Å²) in [6.45, 7) is 6.49. The molecule has 0 atom stereocenters. The molecule has 0 aliphatic rings. The largest absolute Gasteiger partial charge is 0.380 e. The molecule has 12 heavy (non-hydrogen) atoms. The van der Waals surface area contributed by atoms with Gasteiger partial charge in [0.25, 0.3) is 0 Å². The Kier molecular flexibility index (Phi) is 3.80. The van der Waals surface area contributed by atoms with Crippen molar-refractivity contribution in [2.75, 3.05) is 13.2 Å². The van der Waals surface area contributed by atoms with Gasteiger partial charge in [-0.25, -0.2) is 0 Å². The number of aromatic nitrogens is 2. The number of hydrogen-bond donors (Lipinski definition) is 0. The van der Waals surface area contributed by atoms with E-state index in [0.717, 1.165) is 31.9 Å². The summed E-state index contributed by atoms with van der Waals surface area (Å²) >= 11 is 0. The molecule has 1 aromatic heterocycles. The molecule has 0 aliphatic carbocycles. The Labute approximate surface area is 73.3 Å². The molecule has 0 fully saturated rings. The summed E-state index contributed by atoms with van der Waals surface area (Å²) in [5.74, 6) is 0. The first-order valence-corrected chi connectivity index (χ1v) is 4.47. The molecule has 3 nitrogen and oxygen atoms in total. The highest BCUT2D eigenvalue weighted by molar-refractivity contribution is 4.97. The fraction of sp³-hybridized carbons (Fsp3) is 0.667. The number of aryl methyl sites for hydroxylation is 1. The van der Waals surface area contributed by atoms with Gasteiger partial charge in [-0.3, -0.25) is 4.68 Å². The highest BCUT2D eigenvalue weighted by atomic mass is 16.5. The number of rotatable bonds is 5. The van der Waals surface area contributed by atoms with E-state index in [4.69, 9.17) is 4.74 Å². The minimum atomic E-state index is 0.751. The average Bonchev–Trinajstić information content (AvgIpc) is 2.53. The van der Waals surface area contributed by atoms with Gasteiger partial charge >= 0.3 is 0 Å². The molecule has 0 N–H and O–H groups in total. The molecule has 1 rings (SSSR count). The lowest BCUT2D eigenvalue weighted by molar-refractivity contribution is 0.136. The van der Waals surface area contributed by atoms with Gasteiger partial charge in [-0.2, -0.15) is 5.10 Å². The van der Waals surface area contributed by atoms with Crippen LogP contribution in [0.2, 0.25) is 0 Å². The van der Waals surface area contributed by atoms with Crippen LogP contribution in [0.25, 0.3) is 0 Å². The van der Waals surface area contributed by atoms with Crippen molar-refractivity contribution < 1.29 is 4.74 Å². The van der Waals surface area contributed by atoms with Gasteiger partial charge in [0.1, 0.15) is 0 Å². The normalized spacial score (nSPS) is 10.5. The highest BCUT2D eigenvalue weighted by Gasteiger charge is 1.94. The van der Waals surface area contributed by atoms with Crippen molar-refractivity contribution in [1.29, 1.82) is 0 Å². The van der Waals surface area contributed by atoms with Crippen molar-refractivity contribution in [2.24, 2.45) is 0 Å². The van der Waals surface area contributed by atoms with E-state index in [9.17, 15) is 0 Å². The van der Waals surface area contributed by atoms with Gasteiger partial charge in [0.2, 0.25) is 0 Å². The van der Waals surface area contributed by atoms with Gasteiger partial charge < -0.3 is 4.74 Å². The maximum Gasteiger partial charge on any atom is 0.0662 e. The lowest BCUT2D eigenvalue weighted by atomic mass is 10.4. The smallest absolute Gasteiger partial charge is 0.0662 e. The van der Waals surface area contributed by atoms with Crippen molar-refractivity contribution in [3.8, 4) is 0 Å². The second-order valence-electron chi connectivity index (χ2n) is 2.62. The van der Waals surface area contributed by atoms with Gasteiger partial charge in [-0.15, -0.1) is 0 Å². The van der Waals surface area contributed by atoms with Crippen molar-refractivity contribution in [2.45, 2.75) is 26.8 Å². The molecule has 0 bridgehead atoms. The second-order valence-corrected chi connectivity index (χ2v) is 2.62. The molecule has 68 valence electrons. The van der Waals surface area contributed by atoms with Crippen LogP contribution in [0.4, 0.5) is 0 Å². The molecule has 1 aromatic rings. The second kappa shape index (κ2) is 4.93. The van der Waals surface area contributed by atoms with Crippen LogP contribution >= 0.6 is 0 Å². The number of nitrogens with zero attached hydrogens (tertiary/aromatic N) is 2. The van der Waals surface area contributed by atoms with Crippen LogP contribution in [0.3, 0.4) is 0 Å². The molecule has 0 spiro atoms. The third-order valence-electron chi connectivity index (χ3n) is 1.73. The van der Waals surface area contributed by atoms with Crippen LogP contribution in [0.15, 0.2) is 12.3 Å². The van der Waals surface area contributed by atoms with E-state index in [2.05, 4.69) is 12.0 Å². The molecule has 0 amide bonds. The topological polar surface area (TPSA) is 27.1 Å². The van der Waals surface area contributed by atoms with Crippen molar-refractivity contribution in [3.05, 3.63) is 18.0 Å². The first kappa shape index (κ1) is 9.26. The first-order valence-electron chi connectivity index (χ1n) is 4.47. The number of hydrogen-bond acceptors (Lipinski definition) is 2. The van der Waals surface area contributed by atoms with E-state index in [1.807, 2.05) is 23.9 Å². The Morgan fingerprint density at radius 2 is 2.33 bits per heavy atom. The van der Waals surface area contributed by atoms with Crippen molar-refractivity contribution in [1.82, 2.24) is 9.78 Å². The number of ether oxygens (including phenoxy) is 1. The summed E-state index contributed by atoms with van der Waals surface area (Å²) < 4.78 is 7.14. The zero-order chi connectivity index (χ0) is 8.81. The van der Waals surface area contributed by atoms with Gasteiger partial charge in [0, 0.05) is 12.8 Å². The van der Waals surface area contributed by atoms with E-state index in [0.29, 0.717) is 0 Å². The van der Waals surface area contributed by atoms with Crippen LogP contribution in [0.1, 0.15) is 19.5 Å². The highest BCUT2D eigenvalue weighted by Crippen LogP contribution is 1.95. The summed E-state index contributed by atoms with van der Waals surface area (Å²) in [4.78, 5) is 0. The zero-order valence-corrected chi connectivity index (χ0v) is 7.79. The quantitative estimate of drug-likeness (QED) is 0.623. The molecule has 0 aliphatic heterocycles. The molecule has 0 saturated carbocycles. The Hall–Kier alpha value is -0.830. The van der Waals surface area contributed by atoms with Crippen molar-refractivity contribution in [3.63, 3.8) is 0 Å². The Balaban J connectivity index is 2.31. The van der Waals surface area contributed by atoms with Gasteiger partial charge in [0.05, 0.1) is 18.8 Å². The summed E-state index contributed by atoms with van der Waals surface area (Å²) in [6, 6.07) is 2.05. The average molecular weight is 168 g/mol. The van der Waals surface area contributed by atoms with E-state index >= 15 is 0 Å². The molecule has 1 heterocycles. The molecule has 0 saturated heterocycles. The molecule has 0 unspecified atom stereocenters. The lowest BCUT2D eigenvalue weighted by Crippen LogP contribution is -2.06. The van der Waals surface area contributed by atoms with E-state index < -0.39 is 0 Å². The molecular formula is C9H16N2O. The predicted molar refractivity (Wildman–Crippen MR) is 48.1 cm³/mol. The lowest BCUT2D eigenvalue weighted by Gasteiger charge is -2.00. The van der Waals surface area contributed by atoms with Crippen LogP contribution < -0.4 is 0 Å². The third-order valence-corrected chi connectivity index (χ3v) is 1.73. The molecule has 3 heteroatoms. The Morgan fingerprint density at radius 3 is 2.92 bits per heavy atom. The molecular weight excluding hydrogens is 152 g/mol. The van der Waals surface area contributed by atoms with Crippen LogP contribution in [-0.4, -0.2) is 23.0 Å². The van der Waals surface area contributed by atoms with Crippen molar-refractivity contribution >= 4 is 0 Å². The summed E-state index contributed by atoms with van der Waals surface area (Å²) in [5, 5.41) is 4.34.